The van der Waals surface area contributed by atoms with E-state index in [1.54, 1.807) is 0 Å². The van der Waals surface area contributed by atoms with Gasteiger partial charge in [-0.05, 0) is 41.9 Å². The Kier molecular flexibility index (Phi) is 4.29. The maximum Gasteiger partial charge on any atom is 0.285 e. The SMILES string of the molecule is [N-]=[N+]=Nc1nonc1OCC1(COc2nonc2N=[N+]=[N-])COC1. The lowest BCUT2D eigenvalue weighted by Crippen LogP contribution is -2.51. The second kappa shape index (κ2) is 6.70. The number of rotatable bonds is 8. The van der Waals surface area contributed by atoms with Crippen molar-refractivity contribution in [3.63, 3.8) is 0 Å². The first kappa shape index (κ1) is 15.4. The summed E-state index contributed by atoms with van der Waals surface area (Å²) in [5, 5.41) is 20.3. The third kappa shape index (κ3) is 3.12. The zero-order valence-corrected chi connectivity index (χ0v) is 11.8. The molecule has 15 heteroatoms. The normalized spacial score (nSPS) is 14.8. The monoisotopic (exact) mass is 336 g/mol. The van der Waals surface area contributed by atoms with Crippen molar-refractivity contribution in [1.29, 1.82) is 0 Å². The van der Waals surface area contributed by atoms with Crippen molar-refractivity contribution < 1.29 is 23.5 Å². The van der Waals surface area contributed by atoms with E-state index in [0.717, 1.165) is 0 Å². The first-order valence-electron chi connectivity index (χ1n) is 6.35. The van der Waals surface area contributed by atoms with E-state index in [1.165, 1.54) is 0 Å². The van der Waals surface area contributed by atoms with Gasteiger partial charge in [0.05, 0.1) is 18.6 Å². The lowest BCUT2D eigenvalue weighted by Gasteiger charge is -2.39. The molecule has 3 heterocycles. The van der Waals surface area contributed by atoms with Gasteiger partial charge in [0.1, 0.15) is 13.2 Å². The fourth-order valence-corrected chi connectivity index (χ4v) is 1.78. The van der Waals surface area contributed by atoms with Crippen LogP contribution in [0.5, 0.6) is 11.8 Å². The van der Waals surface area contributed by atoms with Crippen molar-refractivity contribution in [2.45, 2.75) is 0 Å². The van der Waals surface area contributed by atoms with Gasteiger partial charge in [-0.1, -0.05) is 0 Å². The summed E-state index contributed by atoms with van der Waals surface area (Å²) < 4.78 is 25.0. The Morgan fingerprint density at radius 1 is 0.917 bits per heavy atom. The highest BCUT2D eigenvalue weighted by Crippen LogP contribution is 2.32. The third-order valence-corrected chi connectivity index (χ3v) is 3.01. The summed E-state index contributed by atoms with van der Waals surface area (Å²) in [6.45, 7) is 0.934. The molecule has 1 aliphatic rings. The summed E-state index contributed by atoms with van der Waals surface area (Å²) in [7, 11) is 0. The molecule has 0 N–H and O–H groups in total. The van der Waals surface area contributed by atoms with Gasteiger partial charge in [-0.25, -0.2) is 9.26 Å². The molecule has 1 fully saturated rings. The predicted molar refractivity (Wildman–Crippen MR) is 70.5 cm³/mol. The summed E-state index contributed by atoms with van der Waals surface area (Å²) in [4.78, 5) is 5.16. The summed E-state index contributed by atoms with van der Waals surface area (Å²) in [6, 6.07) is 0. The molecule has 2 aromatic heterocycles. The van der Waals surface area contributed by atoms with Crippen LogP contribution in [0, 0.1) is 5.41 Å². The van der Waals surface area contributed by atoms with E-state index >= 15 is 0 Å². The van der Waals surface area contributed by atoms with Crippen molar-refractivity contribution >= 4 is 11.6 Å². The van der Waals surface area contributed by atoms with Gasteiger partial charge in [-0.3, -0.25) is 0 Å². The molecule has 0 radical (unpaired) electrons. The van der Waals surface area contributed by atoms with Gasteiger partial charge in [0.25, 0.3) is 11.8 Å². The standard InChI is InChI=1S/C9H8N10O5/c10-18-12-5-7(16-23-14-5)21-3-9(1-20-2-9)4-22-8-6(13-19-11)15-24-17-8/h1-4H2. The van der Waals surface area contributed by atoms with Crippen LogP contribution in [-0.4, -0.2) is 47.1 Å². The summed E-state index contributed by atoms with van der Waals surface area (Å²) in [5.41, 5.74) is 16.3. The van der Waals surface area contributed by atoms with Gasteiger partial charge in [0, 0.05) is 9.82 Å². The average molecular weight is 336 g/mol. The van der Waals surface area contributed by atoms with Gasteiger partial charge in [-0.15, -0.1) is 0 Å². The molecule has 0 amide bonds. The van der Waals surface area contributed by atoms with E-state index in [1.807, 2.05) is 0 Å². The molecule has 24 heavy (non-hydrogen) atoms. The van der Waals surface area contributed by atoms with Gasteiger partial charge in [-0.2, -0.15) is 0 Å². The lowest BCUT2D eigenvalue weighted by atomic mass is 9.88. The molecule has 1 aliphatic heterocycles. The Morgan fingerprint density at radius 2 is 1.42 bits per heavy atom. The molecular formula is C9H8N10O5. The average Bonchev–Trinajstić information content (AvgIpc) is 3.17. The zero-order valence-electron chi connectivity index (χ0n) is 11.8. The molecule has 0 saturated carbocycles. The number of hydrogen-bond acceptors (Lipinski definition) is 11. The van der Waals surface area contributed by atoms with E-state index in [0.29, 0.717) is 13.2 Å². The molecular weight excluding hydrogens is 328 g/mol. The minimum Gasteiger partial charge on any atom is -0.473 e. The molecule has 0 spiro atoms. The lowest BCUT2D eigenvalue weighted by molar-refractivity contribution is -0.150. The van der Waals surface area contributed by atoms with E-state index in [9.17, 15) is 0 Å². The first-order valence-corrected chi connectivity index (χ1v) is 6.35. The first-order chi connectivity index (χ1) is 11.8. The smallest absolute Gasteiger partial charge is 0.285 e. The van der Waals surface area contributed by atoms with Crippen LogP contribution in [0.4, 0.5) is 11.6 Å². The quantitative estimate of drug-likeness (QED) is 0.391. The highest BCUT2D eigenvalue weighted by molar-refractivity contribution is 5.37. The van der Waals surface area contributed by atoms with Crippen LogP contribution in [0.3, 0.4) is 0 Å². The Morgan fingerprint density at radius 3 is 1.79 bits per heavy atom. The van der Waals surface area contributed by atoms with E-state index in [2.05, 4.69) is 49.9 Å². The molecule has 0 aromatic carbocycles. The summed E-state index contributed by atoms with van der Waals surface area (Å²) in [6.07, 6.45) is 0. The number of ether oxygens (including phenoxy) is 3. The fraction of sp³-hybridized carbons (Fsp3) is 0.556. The second-order valence-corrected chi connectivity index (χ2v) is 4.74. The van der Waals surface area contributed by atoms with Gasteiger partial charge in [0.2, 0.25) is 11.6 Å². The van der Waals surface area contributed by atoms with Crippen LogP contribution < -0.4 is 9.47 Å². The Hall–Kier alpha value is -3.54. The van der Waals surface area contributed by atoms with Gasteiger partial charge in [0.15, 0.2) is 0 Å². The topological polar surface area (TPSA) is 203 Å². The number of nitrogens with zero attached hydrogens (tertiary/aromatic N) is 10. The van der Waals surface area contributed by atoms with Crippen molar-refractivity contribution in [1.82, 2.24) is 20.6 Å². The highest BCUT2D eigenvalue weighted by Gasteiger charge is 2.41. The number of aromatic nitrogens is 4. The van der Waals surface area contributed by atoms with Crippen molar-refractivity contribution in [3.8, 4) is 11.8 Å². The molecule has 15 nitrogen and oxygen atoms in total. The zero-order chi connectivity index (χ0) is 16.8. The predicted octanol–water partition coefficient (Wildman–Crippen LogP) is 1.81. The molecule has 0 aliphatic carbocycles. The van der Waals surface area contributed by atoms with E-state index < -0.39 is 5.41 Å². The van der Waals surface area contributed by atoms with Crippen LogP contribution >= 0.6 is 0 Å². The van der Waals surface area contributed by atoms with Crippen molar-refractivity contribution in [3.05, 3.63) is 20.9 Å². The summed E-state index contributed by atoms with van der Waals surface area (Å²) >= 11 is 0. The molecule has 0 bridgehead atoms. The summed E-state index contributed by atoms with van der Waals surface area (Å²) in [5.74, 6) is -0.311. The van der Waals surface area contributed by atoms with Crippen LogP contribution in [0.1, 0.15) is 0 Å². The van der Waals surface area contributed by atoms with Gasteiger partial charge >= 0.3 is 0 Å². The number of hydrogen-bond donors (Lipinski definition) is 0. The Bertz CT molecular complexity index is 737. The fourth-order valence-electron chi connectivity index (χ4n) is 1.78. The Labute approximate surface area is 131 Å². The van der Waals surface area contributed by atoms with E-state index in [4.69, 9.17) is 25.3 Å². The van der Waals surface area contributed by atoms with Crippen LogP contribution in [-0.2, 0) is 4.74 Å². The van der Waals surface area contributed by atoms with Gasteiger partial charge < -0.3 is 14.2 Å². The largest absolute Gasteiger partial charge is 0.473 e. The molecule has 2 aromatic rings. The third-order valence-electron chi connectivity index (χ3n) is 3.01. The van der Waals surface area contributed by atoms with Crippen molar-refractivity contribution in [2.24, 2.45) is 15.6 Å². The minimum atomic E-state index is -0.515. The molecule has 0 unspecified atom stereocenters. The maximum absolute atomic E-state index is 8.40. The molecule has 3 rings (SSSR count). The van der Waals surface area contributed by atoms with Crippen molar-refractivity contribution in [2.75, 3.05) is 26.4 Å². The van der Waals surface area contributed by atoms with E-state index in [-0.39, 0.29) is 36.6 Å². The Balaban J connectivity index is 1.62. The maximum atomic E-state index is 8.40. The second-order valence-electron chi connectivity index (χ2n) is 4.74. The van der Waals surface area contributed by atoms with Crippen LogP contribution in [0.25, 0.3) is 20.9 Å². The van der Waals surface area contributed by atoms with Crippen LogP contribution in [0.2, 0.25) is 0 Å². The van der Waals surface area contributed by atoms with Crippen LogP contribution in [0.15, 0.2) is 19.5 Å². The number of azide groups is 2. The molecule has 124 valence electrons. The minimum absolute atomic E-state index is 0.0445. The molecule has 1 saturated heterocycles. The molecule has 0 atom stereocenters. The highest BCUT2D eigenvalue weighted by atomic mass is 16.6.